The number of carbonyl (C=O) groups excluding carboxylic acids is 1. The van der Waals surface area contributed by atoms with Crippen molar-refractivity contribution in [2.45, 2.75) is 64.3 Å². The lowest BCUT2D eigenvalue weighted by atomic mass is 9.96. The van der Waals surface area contributed by atoms with E-state index in [-0.39, 0.29) is 5.91 Å². The highest BCUT2D eigenvalue weighted by Gasteiger charge is 2.16. The van der Waals surface area contributed by atoms with Gasteiger partial charge in [0.2, 0.25) is 0 Å². The third-order valence-corrected chi connectivity index (χ3v) is 4.11. The number of halogens is 1. The molecule has 0 aromatic carbocycles. The van der Waals surface area contributed by atoms with Crippen LogP contribution < -0.4 is 5.32 Å². The number of pyridine rings is 1. The first-order valence-corrected chi connectivity index (χ1v) is 8.04. The summed E-state index contributed by atoms with van der Waals surface area (Å²) in [7, 11) is 0. The monoisotopic (exact) mass is 294 g/mol. The van der Waals surface area contributed by atoms with Gasteiger partial charge in [-0.05, 0) is 31.4 Å². The van der Waals surface area contributed by atoms with Crippen molar-refractivity contribution in [3.05, 3.63) is 28.5 Å². The summed E-state index contributed by atoms with van der Waals surface area (Å²) in [6, 6.07) is 3.79. The van der Waals surface area contributed by atoms with Gasteiger partial charge in [0.15, 0.2) is 0 Å². The average Bonchev–Trinajstić information content (AvgIpc) is 2.40. The fourth-order valence-corrected chi connectivity index (χ4v) is 2.96. The maximum absolute atomic E-state index is 12.3. The van der Waals surface area contributed by atoms with Gasteiger partial charge in [0.05, 0.1) is 0 Å². The Morgan fingerprint density at radius 2 is 1.90 bits per heavy atom. The van der Waals surface area contributed by atoms with Gasteiger partial charge in [-0.3, -0.25) is 4.79 Å². The van der Waals surface area contributed by atoms with Gasteiger partial charge in [0.25, 0.3) is 5.91 Å². The number of hydrogen-bond donors (Lipinski definition) is 1. The van der Waals surface area contributed by atoms with Crippen molar-refractivity contribution >= 4 is 17.5 Å². The number of hydrogen-bond acceptors (Lipinski definition) is 2. The van der Waals surface area contributed by atoms with Gasteiger partial charge in [0.1, 0.15) is 5.15 Å². The predicted molar refractivity (Wildman–Crippen MR) is 82.2 cm³/mol. The van der Waals surface area contributed by atoms with E-state index >= 15 is 0 Å². The molecule has 20 heavy (non-hydrogen) atoms. The first-order valence-electron chi connectivity index (χ1n) is 7.66. The molecule has 1 aromatic rings. The molecule has 0 radical (unpaired) electrons. The van der Waals surface area contributed by atoms with E-state index < -0.39 is 0 Å². The van der Waals surface area contributed by atoms with Crippen molar-refractivity contribution in [1.29, 1.82) is 0 Å². The minimum atomic E-state index is -0.0189. The standard InChI is InChI=1S/C16H23ClN2O/c1-2-13-10-12(11-15(17)18-13)16(20)19-14-8-6-4-3-5-7-9-14/h10-11,14H,2-9H2,1H3,(H,19,20). The van der Waals surface area contributed by atoms with Gasteiger partial charge in [-0.25, -0.2) is 4.98 Å². The lowest BCUT2D eigenvalue weighted by Gasteiger charge is -2.21. The second-order valence-corrected chi connectivity index (χ2v) is 5.93. The van der Waals surface area contributed by atoms with E-state index in [1.54, 1.807) is 6.07 Å². The Hall–Kier alpha value is -1.09. The summed E-state index contributed by atoms with van der Waals surface area (Å²) in [6.45, 7) is 2.01. The molecule has 0 saturated heterocycles. The van der Waals surface area contributed by atoms with Crippen LogP contribution in [0.4, 0.5) is 0 Å². The summed E-state index contributed by atoms with van der Waals surface area (Å²) >= 11 is 5.97. The third kappa shape index (κ3) is 4.48. The first kappa shape index (κ1) is 15.3. The van der Waals surface area contributed by atoms with E-state index in [1.807, 2.05) is 13.0 Å². The minimum Gasteiger partial charge on any atom is -0.349 e. The molecule has 1 heterocycles. The summed E-state index contributed by atoms with van der Waals surface area (Å²) in [5.74, 6) is -0.0189. The molecule has 110 valence electrons. The molecule has 0 atom stereocenters. The van der Waals surface area contributed by atoms with Crippen LogP contribution in [-0.4, -0.2) is 16.9 Å². The predicted octanol–water partition coefficient (Wildman–Crippen LogP) is 4.14. The second-order valence-electron chi connectivity index (χ2n) is 5.54. The molecule has 1 aliphatic carbocycles. The highest BCUT2D eigenvalue weighted by Crippen LogP contribution is 2.18. The van der Waals surface area contributed by atoms with Gasteiger partial charge in [-0.1, -0.05) is 50.6 Å². The Labute approximate surface area is 126 Å². The van der Waals surface area contributed by atoms with Crippen molar-refractivity contribution in [2.75, 3.05) is 0 Å². The number of aryl methyl sites for hydroxylation is 1. The fourth-order valence-electron chi connectivity index (χ4n) is 2.73. The molecule has 0 unspecified atom stereocenters. The molecule has 1 aromatic heterocycles. The maximum Gasteiger partial charge on any atom is 0.251 e. The number of amides is 1. The second kappa shape index (κ2) is 7.63. The smallest absolute Gasteiger partial charge is 0.251 e. The molecule has 1 aliphatic rings. The molecule has 0 bridgehead atoms. The van der Waals surface area contributed by atoms with Gasteiger partial charge >= 0.3 is 0 Å². The van der Waals surface area contributed by atoms with Crippen molar-refractivity contribution in [3.8, 4) is 0 Å². The van der Waals surface area contributed by atoms with Crippen LogP contribution in [0.15, 0.2) is 12.1 Å². The minimum absolute atomic E-state index is 0.0189. The Morgan fingerprint density at radius 1 is 1.25 bits per heavy atom. The highest BCUT2D eigenvalue weighted by molar-refractivity contribution is 6.29. The normalized spacial score (nSPS) is 17.3. The Kier molecular flexibility index (Phi) is 5.84. The average molecular weight is 295 g/mol. The molecule has 1 amide bonds. The van der Waals surface area contributed by atoms with Crippen LogP contribution in [0.1, 0.15) is 67.9 Å². The van der Waals surface area contributed by atoms with Crippen LogP contribution in [0, 0.1) is 0 Å². The number of rotatable bonds is 3. The van der Waals surface area contributed by atoms with Crippen LogP contribution in [0.2, 0.25) is 5.15 Å². The van der Waals surface area contributed by atoms with Gasteiger partial charge in [0, 0.05) is 17.3 Å². The lowest BCUT2D eigenvalue weighted by molar-refractivity contribution is 0.0930. The van der Waals surface area contributed by atoms with Crippen molar-refractivity contribution in [1.82, 2.24) is 10.3 Å². The molecular weight excluding hydrogens is 272 g/mol. The first-order chi connectivity index (χ1) is 9.69. The molecule has 0 spiro atoms. The quantitative estimate of drug-likeness (QED) is 0.851. The molecule has 0 aliphatic heterocycles. The van der Waals surface area contributed by atoms with E-state index in [0.29, 0.717) is 16.8 Å². The zero-order chi connectivity index (χ0) is 14.4. The number of carbonyl (C=O) groups is 1. The van der Waals surface area contributed by atoms with Crippen LogP contribution in [0.25, 0.3) is 0 Å². The SMILES string of the molecule is CCc1cc(C(=O)NC2CCCCCCC2)cc(Cl)n1. The molecular formula is C16H23ClN2O. The van der Waals surface area contributed by atoms with Crippen LogP contribution in [0.3, 0.4) is 0 Å². The van der Waals surface area contributed by atoms with E-state index in [0.717, 1.165) is 25.0 Å². The third-order valence-electron chi connectivity index (χ3n) is 3.91. The van der Waals surface area contributed by atoms with Gasteiger partial charge in [-0.15, -0.1) is 0 Å². The van der Waals surface area contributed by atoms with Crippen molar-refractivity contribution in [3.63, 3.8) is 0 Å². The number of nitrogens with zero attached hydrogens (tertiary/aromatic N) is 1. The largest absolute Gasteiger partial charge is 0.349 e. The molecule has 4 heteroatoms. The van der Waals surface area contributed by atoms with Crippen molar-refractivity contribution < 1.29 is 4.79 Å². The Morgan fingerprint density at radius 3 is 2.55 bits per heavy atom. The summed E-state index contributed by atoms with van der Waals surface area (Å²) < 4.78 is 0. The zero-order valence-electron chi connectivity index (χ0n) is 12.1. The number of aromatic nitrogens is 1. The van der Waals surface area contributed by atoms with E-state index in [2.05, 4.69) is 10.3 Å². The zero-order valence-corrected chi connectivity index (χ0v) is 12.9. The van der Waals surface area contributed by atoms with E-state index in [4.69, 9.17) is 11.6 Å². The van der Waals surface area contributed by atoms with E-state index in [9.17, 15) is 4.79 Å². The van der Waals surface area contributed by atoms with Gasteiger partial charge in [-0.2, -0.15) is 0 Å². The molecule has 1 N–H and O–H groups in total. The lowest BCUT2D eigenvalue weighted by Crippen LogP contribution is -2.35. The molecule has 2 rings (SSSR count). The Bertz CT molecular complexity index is 454. The van der Waals surface area contributed by atoms with Crippen LogP contribution >= 0.6 is 11.6 Å². The molecule has 3 nitrogen and oxygen atoms in total. The summed E-state index contributed by atoms with van der Waals surface area (Å²) in [5.41, 5.74) is 1.49. The Balaban J connectivity index is 2.01. The highest BCUT2D eigenvalue weighted by atomic mass is 35.5. The fraction of sp³-hybridized carbons (Fsp3) is 0.625. The molecule has 1 saturated carbocycles. The summed E-state index contributed by atoms with van der Waals surface area (Å²) in [5, 5.41) is 3.55. The summed E-state index contributed by atoms with van der Waals surface area (Å²) in [4.78, 5) is 16.5. The maximum atomic E-state index is 12.3. The van der Waals surface area contributed by atoms with Gasteiger partial charge < -0.3 is 5.32 Å². The topological polar surface area (TPSA) is 42.0 Å². The van der Waals surface area contributed by atoms with Crippen LogP contribution in [-0.2, 0) is 6.42 Å². The summed E-state index contributed by atoms with van der Waals surface area (Å²) in [6.07, 6.45) is 9.28. The van der Waals surface area contributed by atoms with Crippen LogP contribution in [0.5, 0.6) is 0 Å². The van der Waals surface area contributed by atoms with Crippen molar-refractivity contribution in [2.24, 2.45) is 0 Å². The number of nitrogens with one attached hydrogen (secondary N) is 1. The molecule has 1 fully saturated rings. The van der Waals surface area contributed by atoms with E-state index in [1.165, 1.54) is 32.1 Å².